The number of pyridine rings is 1. The molecule has 1 aromatic carbocycles. The lowest BCUT2D eigenvalue weighted by Crippen LogP contribution is -2.28. The molecule has 10 heteroatoms. The molecule has 1 aliphatic carbocycles. The van der Waals surface area contributed by atoms with Crippen LogP contribution in [0.3, 0.4) is 0 Å². The summed E-state index contributed by atoms with van der Waals surface area (Å²) in [4.78, 5) is 16.6. The molecule has 9 nitrogen and oxygen atoms in total. The van der Waals surface area contributed by atoms with Crippen LogP contribution in [0.2, 0.25) is 0 Å². The Morgan fingerprint density at radius 1 is 1.42 bits per heavy atom. The van der Waals surface area contributed by atoms with E-state index in [1.807, 2.05) is 13.0 Å². The summed E-state index contributed by atoms with van der Waals surface area (Å²) >= 11 is 0. The van der Waals surface area contributed by atoms with E-state index in [2.05, 4.69) is 25.8 Å². The number of carbonyl (C=O) groups is 1. The minimum Gasteiger partial charge on any atom is -0.474 e. The van der Waals surface area contributed by atoms with Crippen molar-refractivity contribution in [1.82, 2.24) is 15.2 Å². The first-order valence-corrected chi connectivity index (χ1v) is 9.74. The summed E-state index contributed by atoms with van der Waals surface area (Å²) in [7, 11) is 0. The van der Waals surface area contributed by atoms with Crippen molar-refractivity contribution in [3.05, 3.63) is 30.0 Å². The fourth-order valence-electron chi connectivity index (χ4n) is 3.77. The van der Waals surface area contributed by atoms with Crippen molar-refractivity contribution in [2.24, 2.45) is 5.92 Å². The number of ether oxygens (including phenoxy) is 1. The zero-order valence-electron chi connectivity index (χ0n) is 16.6. The van der Waals surface area contributed by atoms with Crippen LogP contribution in [-0.4, -0.2) is 39.9 Å². The molecule has 3 heterocycles. The van der Waals surface area contributed by atoms with Gasteiger partial charge in [-0.25, -0.2) is 9.37 Å². The summed E-state index contributed by atoms with van der Waals surface area (Å²) in [6, 6.07) is 7.00. The van der Waals surface area contributed by atoms with E-state index in [1.165, 1.54) is 0 Å². The highest BCUT2D eigenvalue weighted by molar-refractivity contribution is 6.01. The molecule has 0 spiro atoms. The molecule has 2 aliphatic rings. The largest absolute Gasteiger partial charge is 0.474 e. The molecular weight excluding hydrogens is 401 g/mol. The van der Waals surface area contributed by atoms with E-state index in [9.17, 15) is 9.18 Å². The van der Waals surface area contributed by atoms with Crippen LogP contribution in [0.25, 0.3) is 22.0 Å². The number of nitrogens with zero attached hydrogens (tertiary/aromatic N) is 4. The van der Waals surface area contributed by atoms with E-state index in [-0.39, 0.29) is 12.2 Å². The number of anilines is 3. The summed E-state index contributed by atoms with van der Waals surface area (Å²) in [6.07, 6.45) is 1.61. The second-order valence-electron chi connectivity index (χ2n) is 7.69. The second-order valence-corrected chi connectivity index (χ2v) is 7.69. The Hall–Kier alpha value is -4.00. The van der Waals surface area contributed by atoms with E-state index < -0.39 is 17.5 Å². The summed E-state index contributed by atoms with van der Waals surface area (Å²) in [5.41, 5.74) is 8.38. The van der Waals surface area contributed by atoms with E-state index in [0.717, 1.165) is 22.4 Å². The summed E-state index contributed by atoms with van der Waals surface area (Å²) < 4.78 is 19.9. The normalized spacial score (nSPS) is 21.4. The van der Waals surface area contributed by atoms with Gasteiger partial charge in [0.2, 0.25) is 11.5 Å². The molecule has 156 valence electrons. The van der Waals surface area contributed by atoms with Crippen LogP contribution in [0.4, 0.5) is 21.6 Å². The molecule has 1 fully saturated rings. The van der Waals surface area contributed by atoms with Crippen LogP contribution in [0, 0.1) is 24.2 Å². The number of rotatable bonds is 3. The van der Waals surface area contributed by atoms with Gasteiger partial charge in [-0.3, -0.25) is 4.79 Å². The van der Waals surface area contributed by atoms with Gasteiger partial charge < -0.3 is 21.1 Å². The van der Waals surface area contributed by atoms with Crippen molar-refractivity contribution in [2.75, 3.05) is 29.5 Å². The van der Waals surface area contributed by atoms with Gasteiger partial charge in [0.15, 0.2) is 5.82 Å². The Balaban J connectivity index is 1.52. The third-order valence-corrected chi connectivity index (χ3v) is 5.64. The number of nitrogen functional groups attached to an aromatic ring is 1. The Morgan fingerprint density at radius 3 is 3.03 bits per heavy atom. The first-order valence-electron chi connectivity index (χ1n) is 9.74. The number of nitrogens with two attached hydrogens (primary N) is 1. The highest BCUT2D eigenvalue weighted by Crippen LogP contribution is 2.47. The Kier molecular flexibility index (Phi) is 4.15. The number of hydrogen-bond acceptors (Lipinski definition) is 8. The van der Waals surface area contributed by atoms with Gasteiger partial charge in [-0.05, 0) is 36.2 Å². The van der Waals surface area contributed by atoms with E-state index in [0.29, 0.717) is 35.6 Å². The average molecular weight is 419 g/mol. The number of benzene rings is 1. The van der Waals surface area contributed by atoms with Gasteiger partial charge in [0, 0.05) is 30.1 Å². The molecule has 0 radical (unpaired) electrons. The maximum Gasteiger partial charge on any atom is 0.264 e. The van der Waals surface area contributed by atoms with Gasteiger partial charge in [0.25, 0.3) is 5.91 Å². The molecule has 2 aromatic heterocycles. The molecule has 0 saturated heterocycles. The molecular formula is C21H18FN7O2. The number of hydrogen-bond donors (Lipinski definition) is 3. The number of alkyl halides is 1. The number of amides is 1. The number of nitriles is 1. The highest BCUT2D eigenvalue weighted by atomic mass is 19.1. The number of aromatic nitrogens is 3. The molecule has 31 heavy (non-hydrogen) atoms. The molecule has 2 unspecified atom stereocenters. The van der Waals surface area contributed by atoms with Crippen LogP contribution in [0.1, 0.15) is 12.0 Å². The topological polar surface area (TPSA) is 139 Å². The molecule has 0 bridgehead atoms. The number of carbonyl (C=O) groups excluding carboxylic acids is 1. The van der Waals surface area contributed by atoms with E-state index >= 15 is 0 Å². The van der Waals surface area contributed by atoms with Gasteiger partial charge in [0.1, 0.15) is 17.8 Å². The third kappa shape index (κ3) is 3.06. The minimum atomic E-state index is -2.17. The van der Waals surface area contributed by atoms with Gasteiger partial charge in [-0.1, -0.05) is 0 Å². The smallest absolute Gasteiger partial charge is 0.264 e. The van der Waals surface area contributed by atoms with Gasteiger partial charge in [0.05, 0.1) is 17.7 Å². The lowest BCUT2D eigenvalue weighted by Gasteiger charge is -2.21. The van der Waals surface area contributed by atoms with Crippen LogP contribution in [-0.2, 0) is 4.79 Å². The number of fused-ring (bicyclic) bond motifs is 2. The van der Waals surface area contributed by atoms with E-state index in [1.54, 1.807) is 24.4 Å². The van der Waals surface area contributed by atoms with Gasteiger partial charge in [-0.15, -0.1) is 10.2 Å². The van der Waals surface area contributed by atoms with Crippen molar-refractivity contribution >= 4 is 34.0 Å². The fraction of sp³-hybridized carbons (Fsp3) is 0.286. The van der Waals surface area contributed by atoms with Crippen molar-refractivity contribution in [3.8, 4) is 23.1 Å². The molecule has 1 saturated carbocycles. The quantitative estimate of drug-likeness (QED) is 0.551. The first kappa shape index (κ1) is 19.0. The maximum atomic E-state index is 14.4. The molecule has 1 amide bonds. The Labute approximate surface area is 176 Å². The zero-order chi connectivity index (χ0) is 21.8. The fourth-order valence-corrected chi connectivity index (χ4v) is 3.77. The minimum absolute atomic E-state index is 0.0880. The molecule has 4 N–H and O–H groups in total. The van der Waals surface area contributed by atoms with Crippen molar-refractivity contribution < 1.29 is 13.9 Å². The Morgan fingerprint density at radius 2 is 2.26 bits per heavy atom. The van der Waals surface area contributed by atoms with Gasteiger partial charge >= 0.3 is 0 Å². The first-order chi connectivity index (χ1) is 14.9. The predicted molar refractivity (Wildman–Crippen MR) is 112 cm³/mol. The summed E-state index contributed by atoms with van der Waals surface area (Å²) in [5, 5.41) is 23.2. The van der Waals surface area contributed by atoms with Crippen molar-refractivity contribution in [2.45, 2.75) is 19.0 Å². The lowest BCUT2D eigenvalue weighted by molar-refractivity contribution is -0.122. The summed E-state index contributed by atoms with van der Waals surface area (Å²) in [5.74, 6) is -1.17. The standard InChI is InChI=1S/C21H18FN7O2/c1-10-14(9-26-19-17(10)25-2-3-31-19)11-4-12-6-16(28-29-18(12)15(24)5-11)27-20(30)21(22)7-13(21)8-23/h4-6,9,13,25H,2-3,7,24H2,1H3,(H,27,28,30). The van der Waals surface area contributed by atoms with Crippen LogP contribution in [0.5, 0.6) is 5.88 Å². The third-order valence-electron chi connectivity index (χ3n) is 5.64. The van der Waals surface area contributed by atoms with Crippen molar-refractivity contribution in [3.63, 3.8) is 0 Å². The van der Waals surface area contributed by atoms with Crippen LogP contribution < -0.4 is 21.1 Å². The number of halogens is 1. The zero-order valence-corrected chi connectivity index (χ0v) is 16.6. The highest BCUT2D eigenvalue weighted by Gasteiger charge is 2.62. The second kappa shape index (κ2) is 6.77. The number of nitrogens with one attached hydrogen (secondary N) is 2. The van der Waals surface area contributed by atoms with Crippen LogP contribution >= 0.6 is 0 Å². The van der Waals surface area contributed by atoms with Gasteiger partial charge in [-0.2, -0.15) is 5.26 Å². The SMILES string of the molecule is Cc1c(-c2cc(N)c3nnc(NC(=O)C4(F)CC4C#N)cc3c2)cnc2c1NCCO2. The van der Waals surface area contributed by atoms with E-state index in [4.69, 9.17) is 15.7 Å². The lowest BCUT2D eigenvalue weighted by atomic mass is 9.99. The monoisotopic (exact) mass is 419 g/mol. The molecule has 1 aliphatic heterocycles. The molecule has 2 atom stereocenters. The molecule has 3 aromatic rings. The summed E-state index contributed by atoms with van der Waals surface area (Å²) in [6.45, 7) is 3.22. The predicted octanol–water partition coefficient (Wildman–Crippen LogP) is 2.58. The molecule has 5 rings (SSSR count). The van der Waals surface area contributed by atoms with Crippen LogP contribution in [0.15, 0.2) is 24.4 Å². The Bertz CT molecular complexity index is 1290. The van der Waals surface area contributed by atoms with Crippen molar-refractivity contribution in [1.29, 1.82) is 5.26 Å². The maximum absolute atomic E-state index is 14.4. The average Bonchev–Trinajstić information content (AvgIpc) is 3.46.